The summed E-state index contributed by atoms with van der Waals surface area (Å²) in [4.78, 5) is 28.4. The van der Waals surface area contributed by atoms with E-state index in [0.717, 1.165) is 10.4 Å². The van der Waals surface area contributed by atoms with E-state index in [9.17, 15) is 22.4 Å². The summed E-state index contributed by atoms with van der Waals surface area (Å²) in [5.41, 5.74) is 0.299. The van der Waals surface area contributed by atoms with Gasteiger partial charge in [0, 0.05) is 13.1 Å². The van der Waals surface area contributed by atoms with Gasteiger partial charge in [-0.2, -0.15) is 0 Å². The van der Waals surface area contributed by atoms with Gasteiger partial charge >= 0.3 is 0 Å². The van der Waals surface area contributed by atoms with Crippen LogP contribution in [0.3, 0.4) is 0 Å². The largest absolute Gasteiger partial charge is 0.354 e. The van der Waals surface area contributed by atoms with Crippen molar-refractivity contribution in [2.24, 2.45) is 5.92 Å². The Labute approximate surface area is 244 Å². The Hall–Kier alpha value is -3.14. The van der Waals surface area contributed by atoms with Gasteiger partial charge in [-0.25, -0.2) is 12.8 Å². The maximum absolute atomic E-state index is 15.0. The zero-order valence-electron chi connectivity index (χ0n) is 22.5. The van der Waals surface area contributed by atoms with Crippen LogP contribution in [0.5, 0.6) is 0 Å². The Balaban J connectivity index is 2.06. The molecule has 11 heteroatoms. The number of hydrogen-bond donors (Lipinski definition) is 1. The van der Waals surface area contributed by atoms with Crippen molar-refractivity contribution in [3.63, 3.8) is 0 Å². The molecule has 0 aliphatic heterocycles. The van der Waals surface area contributed by atoms with E-state index in [0.29, 0.717) is 17.1 Å². The average Bonchev–Trinajstić information content (AvgIpc) is 2.93. The van der Waals surface area contributed by atoms with E-state index in [1.807, 2.05) is 13.8 Å². The van der Waals surface area contributed by atoms with E-state index in [1.54, 1.807) is 31.2 Å². The highest BCUT2D eigenvalue weighted by atomic mass is 35.5. The van der Waals surface area contributed by atoms with Gasteiger partial charge in [0.1, 0.15) is 18.4 Å². The third kappa shape index (κ3) is 7.74. The number of halogens is 3. The van der Waals surface area contributed by atoms with Crippen molar-refractivity contribution < 1.29 is 22.4 Å². The quantitative estimate of drug-likeness (QED) is 0.277. The standard InChI is InChI=1S/C29H32Cl2FN3O4S/c1-4-26(29(37)33-17-20(2)3)34(18-21-14-15-23(30)24(31)16-21)28(36)19-35(27-13-9-8-12-25(27)32)40(38,39)22-10-6-5-7-11-22/h5-16,20,26H,4,17-19H2,1-3H3,(H,33,37)/t26-/m1/s1. The highest BCUT2D eigenvalue weighted by Gasteiger charge is 2.34. The van der Waals surface area contributed by atoms with Gasteiger partial charge in [0.15, 0.2) is 0 Å². The van der Waals surface area contributed by atoms with Crippen LogP contribution in [-0.4, -0.2) is 44.3 Å². The van der Waals surface area contributed by atoms with Crippen LogP contribution in [0.1, 0.15) is 32.8 Å². The number of carbonyl (C=O) groups is 2. The molecule has 0 fully saturated rings. The Morgan fingerprint density at radius 1 is 0.950 bits per heavy atom. The second kappa shape index (κ2) is 14.0. The van der Waals surface area contributed by atoms with Crippen molar-refractivity contribution in [1.29, 1.82) is 0 Å². The van der Waals surface area contributed by atoms with Crippen molar-refractivity contribution in [1.82, 2.24) is 10.2 Å². The summed E-state index contributed by atoms with van der Waals surface area (Å²) in [6.07, 6.45) is 0.252. The number of para-hydroxylation sites is 1. The number of anilines is 1. The molecule has 40 heavy (non-hydrogen) atoms. The van der Waals surface area contributed by atoms with E-state index >= 15 is 0 Å². The molecule has 0 saturated carbocycles. The fourth-order valence-electron chi connectivity index (χ4n) is 4.06. The molecule has 3 aromatic carbocycles. The number of benzene rings is 3. The normalized spacial score (nSPS) is 12.2. The molecule has 0 radical (unpaired) electrons. The van der Waals surface area contributed by atoms with Gasteiger partial charge in [-0.05, 0) is 54.3 Å². The zero-order chi connectivity index (χ0) is 29.4. The zero-order valence-corrected chi connectivity index (χ0v) is 24.8. The molecule has 7 nitrogen and oxygen atoms in total. The number of nitrogens with zero attached hydrogens (tertiary/aromatic N) is 2. The minimum Gasteiger partial charge on any atom is -0.354 e. The molecule has 0 aliphatic carbocycles. The molecule has 3 rings (SSSR count). The van der Waals surface area contributed by atoms with Crippen LogP contribution in [0.2, 0.25) is 10.0 Å². The summed E-state index contributed by atoms with van der Waals surface area (Å²) >= 11 is 12.3. The maximum atomic E-state index is 15.0. The van der Waals surface area contributed by atoms with Crippen LogP contribution in [0.4, 0.5) is 10.1 Å². The molecule has 0 bridgehead atoms. The SMILES string of the molecule is CC[C@H](C(=O)NCC(C)C)N(Cc1ccc(Cl)c(Cl)c1)C(=O)CN(c1ccccc1F)S(=O)(=O)c1ccccc1. The fraction of sp³-hybridized carbons (Fsp3) is 0.310. The van der Waals surface area contributed by atoms with Gasteiger partial charge in [-0.3, -0.25) is 13.9 Å². The highest BCUT2D eigenvalue weighted by Crippen LogP contribution is 2.28. The fourth-order valence-corrected chi connectivity index (χ4v) is 5.83. The summed E-state index contributed by atoms with van der Waals surface area (Å²) in [5, 5.41) is 3.44. The predicted molar refractivity (Wildman–Crippen MR) is 156 cm³/mol. The van der Waals surface area contributed by atoms with Gasteiger partial charge in [-0.15, -0.1) is 0 Å². The number of hydrogen-bond acceptors (Lipinski definition) is 4. The summed E-state index contributed by atoms with van der Waals surface area (Å²) in [6.45, 7) is 5.24. The number of amides is 2. The summed E-state index contributed by atoms with van der Waals surface area (Å²) in [6, 6.07) is 16.7. The van der Waals surface area contributed by atoms with Crippen molar-refractivity contribution >= 4 is 50.7 Å². The molecule has 0 aromatic heterocycles. The number of rotatable bonds is 12. The minimum atomic E-state index is -4.36. The third-order valence-corrected chi connectivity index (χ3v) is 8.65. The Morgan fingerprint density at radius 3 is 2.20 bits per heavy atom. The Morgan fingerprint density at radius 2 is 1.60 bits per heavy atom. The lowest BCUT2D eigenvalue weighted by molar-refractivity contribution is -0.140. The van der Waals surface area contributed by atoms with E-state index in [2.05, 4.69) is 5.32 Å². The van der Waals surface area contributed by atoms with Crippen LogP contribution in [-0.2, 0) is 26.2 Å². The molecular formula is C29H32Cl2FN3O4S. The van der Waals surface area contributed by atoms with Crippen LogP contribution >= 0.6 is 23.2 Å². The lowest BCUT2D eigenvalue weighted by Crippen LogP contribution is -2.52. The second-order valence-electron chi connectivity index (χ2n) is 9.61. The molecule has 2 amide bonds. The van der Waals surface area contributed by atoms with Gasteiger partial charge in [-0.1, -0.05) is 80.4 Å². The molecule has 0 heterocycles. The molecule has 1 atom stereocenters. The lowest BCUT2D eigenvalue weighted by Gasteiger charge is -2.33. The lowest BCUT2D eigenvalue weighted by atomic mass is 10.1. The number of nitrogens with one attached hydrogen (secondary N) is 1. The van der Waals surface area contributed by atoms with Crippen LogP contribution < -0.4 is 9.62 Å². The van der Waals surface area contributed by atoms with Gasteiger partial charge < -0.3 is 10.2 Å². The third-order valence-electron chi connectivity index (χ3n) is 6.14. The first kappa shape index (κ1) is 31.4. The number of sulfonamides is 1. The van der Waals surface area contributed by atoms with Crippen LogP contribution in [0, 0.1) is 11.7 Å². The maximum Gasteiger partial charge on any atom is 0.264 e. The van der Waals surface area contributed by atoms with Crippen molar-refractivity contribution in [2.75, 3.05) is 17.4 Å². The average molecular weight is 609 g/mol. The monoisotopic (exact) mass is 607 g/mol. The van der Waals surface area contributed by atoms with Gasteiger partial charge in [0.25, 0.3) is 10.0 Å². The molecule has 1 N–H and O–H groups in total. The van der Waals surface area contributed by atoms with E-state index in [1.165, 1.54) is 47.4 Å². The van der Waals surface area contributed by atoms with Crippen molar-refractivity contribution in [3.8, 4) is 0 Å². The van der Waals surface area contributed by atoms with Gasteiger partial charge in [0.2, 0.25) is 11.8 Å². The first-order valence-electron chi connectivity index (χ1n) is 12.8. The number of carbonyl (C=O) groups excluding carboxylic acids is 2. The smallest absolute Gasteiger partial charge is 0.264 e. The summed E-state index contributed by atoms with van der Waals surface area (Å²) in [7, 11) is -4.36. The predicted octanol–water partition coefficient (Wildman–Crippen LogP) is 5.91. The van der Waals surface area contributed by atoms with E-state index in [-0.39, 0.29) is 40.4 Å². The second-order valence-corrected chi connectivity index (χ2v) is 12.3. The molecular weight excluding hydrogens is 576 g/mol. The molecule has 0 saturated heterocycles. The Bertz CT molecular complexity index is 1440. The van der Waals surface area contributed by atoms with E-state index in [4.69, 9.17) is 23.2 Å². The molecule has 0 aliphatic rings. The Kier molecular flexibility index (Phi) is 11.0. The molecule has 3 aromatic rings. The van der Waals surface area contributed by atoms with Gasteiger partial charge in [0.05, 0.1) is 20.6 Å². The molecule has 214 valence electrons. The molecule has 0 spiro atoms. The first-order chi connectivity index (χ1) is 18.9. The highest BCUT2D eigenvalue weighted by molar-refractivity contribution is 7.92. The topological polar surface area (TPSA) is 86.8 Å². The van der Waals surface area contributed by atoms with Crippen LogP contribution in [0.25, 0.3) is 0 Å². The van der Waals surface area contributed by atoms with E-state index < -0.39 is 34.3 Å². The molecule has 0 unspecified atom stereocenters. The minimum absolute atomic E-state index is 0.0557. The summed E-state index contributed by atoms with van der Waals surface area (Å²) < 4.78 is 43.1. The summed E-state index contributed by atoms with van der Waals surface area (Å²) in [5.74, 6) is -1.71. The van der Waals surface area contributed by atoms with Crippen LogP contribution in [0.15, 0.2) is 77.7 Å². The van der Waals surface area contributed by atoms with Crippen molar-refractivity contribution in [3.05, 3.63) is 94.2 Å². The first-order valence-corrected chi connectivity index (χ1v) is 15.0. The van der Waals surface area contributed by atoms with Crippen molar-refractivity contribution in [2.45, 2.75) is 44.7 Å².